The zero-order chi connectivity index (χ0) is 14.3. The fourth-order valence-corrected chi connectivity index (χ4v) is 1.83. The summed E-state index contributed by atoms with van der Waals surface area (Å²) in [5.41, 5.74) is 0.0529. The van der Waals surface area contributed by atoms with Crippen molar-refractivity contribution in [2.24, 2.45) is 0 Å². The summed E-state index contributed by atoms with van der Waals surface area (Å²) in [7, 11) is 0. The molecule has 0 aliphatic rings. The molecule has 0 aliphatic carbocycles. The van der Waals surface area contributed by atoms with Gasteiger partial charge in [0.15, 0.2) is 11.4 Å². The summed E-state index contributed by atoms with van der Waals surface area (Å²) in [6.07, 6.45) is 6.50. The molecule has 0 unspecified atom stereocenters. The third-order valence-electron chi connectivity index (χ3n) is 3.09. The second kappa shape index (κ2) is 4.08. The maximum atomic E-state index is 11.4. The lowest BCUT2D eigenvalue weighted by Gasteiger charge is -2.19. The van der Waals surface area contributed by atoms with Crippen LogP contribution in [0.5, 0.6) is 0 Å². The van der Waals surface area contributed by atoms with Gasteiger partial charge >= 0.3 is 5.97 Å². The van der Waals surface area contributed by atoms with E-state index in [9.17, 15) is 9.90 Å². The molecule has 0 aliphatic heterocycles. The molecule has 0 spiro atoms. The molecule has 3 rings (SSSR count). The highest BCUT2D eigenvalue weighted by atomic mass is 16.4. The number of carboxylic acids is 1. The van der Waals surface area contributed by atoms with Gasteiger partial charge in [0.05, 0.1) is 23.5 Å². The standard InChI is InChI=1S/C11H11N7O2/c1-11(2,10(19)20)18-9(14-15-16-18)7-5-13-17-4-3-12-6-8(7)17/h3-6H,1-2H3,(H,19,20). The number of carboxylic acid groups (broad SMARTS) is 1. The largest absolute Gasteiger partial charge is 0.479 e. The van der Waals surface area contributed by atoms with Crippen molar-refractivity contribution in [3.8, 4) is 11.4 Å². The number of carbonyl (C=O) groups is 1. The minimum Gasteiger partial charge on any atom is -0.479 e. The first-order chi connectivity index (χ1) is 9.51. The smallest absolute Gasteiger partial charge is 0.331 e. The van der Waals surface area contributed by atoms with Crippen LogP contribution in [-0.4, -0.2) is 45.9 Å². The van der Waals surface area contributed by atoms with Gasteiger partial charge in [0.1, 0.15) is 0 Å². The van der Waals surface area contributed by atoms with Crippen molar-refractivity contribution in [3.63, 3.8) is 0 Å². The Hall–Kier alpha value is -2.84. The number of nitrogens with zero attached hydrogens (tertiary/aromatic N) is 7. The van der Waals surface area contributed by atoms with Gasteiger partial charge in [0, 0.05) is 12.4 Å². The molecule has 9 heteroatoms. The lowest BCUT2D eigenvalue weighted by Crippen LogP contribution is -2.37. The predicted octanol–water partition coefficient (Wildman–Crippen LogP) is 0.202. The molecule has 0 fully saturated rings. The number of aromatic nitrogens is 7. The van der Waals surface area contributed by atoms with Crippen LogP contribution in [0.1, 0.15) is 13.8 Å². The number of hydrogen-bond acceptors (Lipinski definition) is 6. The topological polar surface area (TPSA) is 111 Å². The Bertz CT molecular complexity index is 789. The highest BCUT2D eigenvalue weighted by molar-refractivity contribution is 5.79. The Morgan fingerprint density at radius 3 is 2.90 bits per heavy atom. The lowest BCUT2D eigenvalue weighted by atomic mass is 10.1. The maximum absolute atomic E-state index is 11.4. The summed E-state index contributed by atoms with van der Waals surface area (Å²) >= 11 is 0. The molecule has 3 heterocycles. The van der Waals surface area contributed by atoms with Crippen molar-refractivity contribution < 1.29 is 9.90 Å². The number of hydrogen-bond donors (Lipinski definition) is 1. The van der Waals surface area contributed by atoms with E-state index < -0.39 is 11.5 Å². The van der Waals surface area contributed by atoms with Crippen LogP contribution < -0.4 is 0 Å². The van der Waals surface area contributed by atoms with Crippen molar-refractivity contribution in [2.45, 2.75) is 19.4 Å². The van der Waals surface area contributed by atoms with E-state index in [4.69, 9.17) is 0 Å². The van der Waals surface area contributed by atoms with E-state index in [0.29, 0.717) is 16.9 Å². The molecule has 0 saturated carbocycles. The quantitative estimate of drug-likeness (QED) is 0.725. The van der Waals surface area contributed by atoms with Gasteiger partial charge in [-0.25, -0.2) is 14.0 Å². The Labute approximate surface area is 112 Å². The molecule has 0 bridgehead atoms. The van der Waals surface area contributed by atoms with Gasteiger partial charge in [-0.2, -0.15) is 5.10 Å². The lowest BCUT2D eigenvalue weighted by molar-refractivity contribution is -0.146. The SMILES string of the molecule is CC(C)(C(=O)O)n1nnnc1-c1cnn2ccncc12. The van der Waals surface area contributed by atoms with Crippen LogP contribution in [0.15, 0.2) is 24.8 Å². The minimum absolute atomic E-state index is 0.334. The first-order valence-electron chi connectivity index (χ1n) is 5.82. The van der Waals surface area contributed by atoms with Crippen molar-refractivity contribution in [2.75, 3.05) is 0 Å². The van der Waals surface area contributed by atoms with Gasteiger partial charge < -0.3 is 5.11 Å². The van der Waals surface area contributed by atoms with E-state index in [0.717, 1.165) is 0 Å². The first kappa shape index (κ1) is 12.2. The van der Waals surface area contributed by atoms with Crippen LogP contribution in [0.4, 0.5) is 0 Å². The Balaban J connectivity index is 2.22. The number of tetrazole rings is 1. The van der Waals surface area contributed by atoms with E-state index in [1.807, 2.05) is 0 Å². The summed E-state index contributed by atoms with van der Waals surface area (Å²) in [5.74, 6) is -0.693. The summed E-state index contributed by atoms with van der Waals surface area (Å²) in [6, 6.07) is 0. The second-order valence-corrected chi connectivity index (χ2v) is 4.74. The highest BCUT2D eigenvalue weighted by Gasteiger charge is 2.34. The molecule has 9 nitrogen and oxygen atoms in total. The van der Waals surface area contributed by atoms with Crippen molar-refractivity contribution >= 4 is 11.5 Å². The van der Waals surface area contributed by atoms with Crippen LogP contribution in [0.25, 0.3) is 16.9 Å². The van der Waals surface area contributed by atoms with Gasteiger partial charge in [0.2, 0.25) is 0 Å². The zero-order valence-electron chi connectivity index (χ0n) is 10.8. The number of fused-ring (bicyclic) bond motifs is 1. The molecular weight excluding hydrogens is 262 g/mol. The molecule has 0 atom stereocenters. The Kier molecular flexibility index (Phi) is 2.49. The average molecular weight is 273 g/mol. The highest BCUT2D eigenvalue weighted by Crippen LogP contribution is 2.25. The van der Waals surface area contributed by atoms with E-state index in [2.05, 4.69) is 25.6 Å². The third kappa shape index (κ3) is 1.63. The predicted molar refractivity (Wildman–Crippen MR) is 66.8 cm³/mol. The molecule has 1 N–H and O–H groups in total. The molecule has 0 aromatic carbocycles. The fourth-order valence-electron chi connectivity index (χ4n) is 1.83. The molecule has 0 saturated heterocycles. The van der Waals surface area contributed by atoms with Crippen molar-refractivity contribution in [3.05, 3.63) is 24.8 Å². The number of rotatable bonds is 3. The summed E-state index contributed by atoms with van der Waals surface area (Å²) in [6.45, 7) is 3.05. The first-order valence-corrected chi connectivity index (χ1v) is 5.82. The third-order valence-corrected chi connectivity index (χ3v) is 3.09. The monoisotopic (exact) mass is 273 g/mol. The van der Waals surface area contributed by atoms with Crippen LogP contribution in [0.3, 0.4) is 0 Å². The van der Waals surface area contributed by atoms with Crippen LogP contribution >= 0.6 is 0 Å². The van der Waals surface area contributed by atoms with Crippen LogP contribution in [0, 0.1) is 0 Å². The summed E-state index contributed by atoms with van der Waals surface area (Å²) < 4.78 is 2.88. The molecule has 0 radical (unpaired) electrons. The fraction of sp³-hybridized carbons (Fsp3) is 0.273. The van der Waals surface area contributed by atoms with Gasteiger partial charge in [-0.1, -0.05) is 0 Å². The molecule has 3 aromatic heterocycles. The van der Waals surface area contributed by atoms with Crippen LogP contribution in [-0.2, 0) is 10.3 Å². The van der Waals surface area contributed by atoms with E-state index in [1.165, 1.54) is 18.5 Å². The van der Waals surface area contributed by atoms with Gasteiger partial charge in [0.25, 0.3) is 0 Å². The van der Waals surface area contributed by atoms with Gasteiger partial charge in [-0.3, -0.25) is 4.98 Å². The van der Waals surface area contributed by atoms with E-state index in [1.54, 1.807) is 29.3 Å². The minimum atomic E-state index is -1.27. The summed E-state index contributed by atoms with van der Waals surface area (Å²) in [4.78, 5) is 15.4. The molecule has 20 heavy (non-hydrogen) atoms. The van der Waals surface area contributed by atoms with Crippen LogP contribution in [0.2, 0.25) is 0 Å². The second-order valence-electron chi connectivity index (χ2n) is 4.74. The van der Waals surface area contributed by atoms with Gasteiger partial charge in [-0.15, -0.1) is 5.10 Å². The van der Waals surface area contributed by atoms with Crippen molar-refractivity contribution in [1.82, 2.24) is 34.8 Å². The average Bonchev–Trinajstić information content (AvgIpc) is 3.04. The molecule has 3 aromatic rings. The maximum Gasteiger partial charge on any atom is 0.331 e. The number of aliphatic carboxylic acids is 1. The van der Waals surface area contributed by atoms with E-state index in [-0.39, 0.29) is 0 Å². The molecule has 102 valence electrons. The van der Waals surface area contributed by atoms with E-state index >= 15 is 0 Å². The molecular formula is C11H11N7O2. The normalized spacial score (nSPS) is 11.9. The summed E-state index contributed by atoms with van der Waals surface area (Å²) in [5, 5.41) is 24.7. The van der Waals surface area contributed by atoms with Crippen molar-refractivity contribution in [1.29, 1.82) is 0 Å². The zero-order valence-corrected chi connectivity index (χ0v) is 10.8. The van der Waals surface area contributed by atoms with Gasteiger partial charge in [-0.05, 0) is 24.3 Å². The Morgan fingerprint density at radius 2 is 2.15 bits per heavy atom. The molecule has 0 amide bonds. The Morgan fingerprint density at radius 1 is 1.35 bits per heavy atom.